The molecule has 0 heterocycles. The monoisotopic (exact) mass is 437 g/mol. The lowest BCUT2D eigenvalue weighted by atomic mass is 9.60. The maximum Gasteiger partial charge on any atom is 0.511 e. The molecule has 1 unspecified atom stereocenters. The first-order chi connectivity index (χ1) is 13.8. The molecule has 0 spiro atoms. The molecule has 5 nitrogen and oxygen atoms in total. The van der Waals surface area contributed by atoms with E-state index in [4.69, 9.17) is 9.63 Å². The number of aliphatic carboxylic acids is 1. The molecule has 0 fully saturated rings. The van der Waals surface area contributed by atoms with Crippen molar-refractivity contribution in [3.8, 4) is 0 Å². The Labute approximate surface area is 178 Å². The van der Waals surface area contributed by atoms with Gasteiger partial charge in [0.2, 0.25) is 6.16 Å². The van der Waals surface area contributed by atoms with Crippen LogP contribution >= 0.6 is 8.03 Å². The Morgan fingerprint density at radius 3 is 2.43 bits per heavy atom. The number of carbonyl (C=O) groups is 1. The fourth-order valence-electron chi connectivity index (χ4n) is 4.63. The number of aliphatic hydroxyl groups is 1. The first-order valence-electron chi connectivity index (χ1n) is 9.96. The van der Waals surface area contributed by atoms with Crippen LogP contribution in [0, 0.1) is 16.6 Å². The van der Waals surface area contributed by atoms with Gasteiger partial charge in [-0.25, -0.2) is 4.39 Å². The van der Waals surface area contributed by atoms with Gasteiger partial charge in [-0.2, -0.15) is 0 Å². The van der Waals surface area contributed by atoms with Crippen LogP contribution in [0.25, 0.3) is 5.57 Å². The summed E-state index contributed by atoms with van der Waals surface area (Å²) in [5.74, 6) is -1.45. The fraction of sp³-hybridized carbons (Fsp3) is 0.522. The third-order valence-corrected chi connectivity index (χ3v) is 6.39. The van der Waals surface area contributed by atoms with Gasteiger partial charge in [0.1, 0.15) is 18.5 Å². The van der Waals surface area contributed by atoms with Gasteiger partial charge >= 0.3 is 14.0 Å². The second-order valence-electron chi connectivity index (χ2n) is 9.41. The lowest BCUT2D eigenvalue weighted by Gasteiger charge is -2.44. The van der Waals surface area contributed by atoms with E-state index in [0.29, 0.717) is 5.57 Å². The van der Waals surface area contributed by atoms with Crippen LogP contribution in [0.2, 0.25) is 0 Å². The molecule has 0 bridgehead atoms. The van der Waals surface area contributed by atoms with Crippen LogP contribution < -0.4 is 0 Å². The van der Waals surface area contributed by atoms with Crippen molar-refractivity contribution in [2.24, 2.45) is 10.8 Å². The predicted octanol–water partition coefficient (Wildman–Crippen LogP) is 5.58. The van der Waals surface area contributed by atoms with Gasteiger partial charge in [0.15, 0.2) is 0 Å². The van der Waals surface area contributed by atoms with E-state index in [9.17, 15) is 18.9 Å². The predicted molar refractivity (Wildman–Crippen MR) is 116 cm³/mol. The van der Waals surface area contributed by atoms with Crippen LogP contribution in [0.4, 0.5) is 4.39 Å². The molecule has 0 aliphatic heterocycles. The second-order valence-corrected chi connectivity index (χ2v) is 10.7. The van der Waals surface area contributed by atoms with Crippen LogP contribution in [0.15, 0.2) is 42.0 Å². The minimum Gasteiger partial charge on any atom is -0.481 e. The van der Waals surface area contributed by atoms with Crippen molar-refractivity contribution in [1.82, 2.24) is 0 Å². The van der Waals surface area contributed by atoms with Gasteiger partial charge in [-0.1, -0.05) is 46.4 Å². The average molecular weight is 437 g/mol. The SMILES string of the molecule is C=C(CO[P+](=O)C[C@@H](O)CC(=O)O)C1=C(c2ccc(F)cc2)CC(C)(C)CC1(C)C. The van der Waals surface area contributed by atoms with Crippen LogP contribution in [0.5, 0.6) is 0 Å². The molecular weight excluding hydrogens is 406 g/mol. The summed E-state index contributed by atoms with van der Waals surface area (Å²) in [5.41, 5.74) is 3.53. The molecule has 0 amide bonds. The van der Waals surface area contributed by atoms with Crippen molar-refractivity contribution < 1.29 is 28.5 Å². The highest BCUT2D eigenvalue weighted by Gasteiger charge is 2.40. The zero-order valence-electron chi connectivity index (χ0n) is 18.1. The van der Waals surface area contributed by atoms with Crippen molar-refractivity contribution in [2.75, 3.05) is 12.8 Å². The molecule has 2 N–H and O–H groups in total. The molecule has 30 heavy (non-hydrogen) atoms. The standard InChI is InChI=1S/C23H30FO5P/c1-15(12-29-30(28)13-18(25)10-20(26)27)21-19(16-6-8-17(24)9-7-16)11-22(2,3)14-23(21,4)5/h6-9,18,25H,1,10-14H2,2-5H3/p+1/t18-/m0/s1. The Hall–Kier alpha value is -1.88. The van der Waals surface area contributed by atoms with Gasteiger partial charge in [-0.15, -0.1) is 4.52 Å². The lowest BCUT2D eigenvalue weighted by Crippen LogP contribution is -2.32. The highest BCUT2D eigenvalue weighted by molar-refractivity contribution is 7.39. The summed E-state index contributed by atoms with van der Waals surface area (Å²) in [5, 5.41) is 18.4. The van der Waals surface area contributed by atoms with Crippen molar-refractivity contribution in [3.63, 3.8) is 0 Å². The minimum absolute atomic E-state index is 0.0128. The second kappa shape index (κ2) is 9.51. The largest absolute Gasteiger partial charge is 0.511 e. The zero-order chi connectivity index (χ0) is 22.7. The maximum atomic E-state index is 13.5. The van der Waals surface area contributed by atoms with Crippen molar-refractivity contribution in [1.29, 1.82) is 0 Å². The zero-order valence-corrected chi connectivity index (χ0v) is 19.0. The number of halogens is 1. The van der Waals surface area contributed by atoms with Crippen molar-refractivity contribution in [2.45, 2.75) is 53.1 Å². The Morgan fingerprint density at radius 1 is 1.27 bits per heavy atom. The normalized spacial score (nSPS) is 19.3. The van der Waals surface area contributed by atoms with Crippen LogP contribution in [0.1, 0.15) is 52.5 Å². The number of rotatable bonds is 9. The lowest BCUT2D eigenvalue weighted by molar-refractivity contribution is -0.138. The van der Waals surface area contributed by atoms with E-state index in [-0.39, 0.29) is 29.4 Å². The summed E-state index contributed by atoms with van der Waals surface area (Å²) in [6, 6.07) is 6.40. The molecule has 0 radical (unpaired) electrons. The molecule has 1 aliphatic rings. The third kappa shape index (κ3) is 6.56. The molecule has 164 valence electrons. The van der Waals surface area contributed by atoms with E-state index < -0.39 is 26.5 Å². The number of hydrogen-bond acceptors (Lipinski definition) is 4. The van der Waals surface area contributed by atoms with Crippen LogP contribution in [-0.4, -0.2) is 35.1 Å². The summed E-state index contributed by atoms with van der Waals surface area (Å²) in [6.45, 7) is 12.9. The van der Waals surface area contributed by atoms with E-state index in [0.717, 1.165) is 29.6 Å². The highest BCUT2D eigenvalue weighted by Crippen LogP contribution is 2.53. The number of hydrogen-bond donors (Lipinski definition) is 2. The smallest absolute Gasteiger partial charge is 0.481 e. The number of allylic oxidation sites excluding steroid dienone is 1. The summed E-state index contributed by atoms with van der Waals surface area (Å²) < 4.78 is 31.0. The quantitative estimate of drug-likeness (QED) is 0.493. The number of aliphatic hydroxyl groups excluding tert-OH is 1. The summed E-state index contributed by atoms with van der Waals surface area (Å²) in [4.78, 5) is 10.6. The third-order valence-electron chi connectivity index (χ3n) is 5.25. The van der Waals surface area contributed by atoms with Crippen molar-refractivity contribution >= 4 is 19.6 Å². The van der Waals surface area contributed by atoms with E-state index in [1.165, 1.54) is 12.1 Å². The molecule has 2 rings (SSSR count). The molecule has 0 saturated heterocycles. The van der Waals surface area contributed by atoms with E-state index in [1.807, 2.05) is 0 Å². The Morgan fingerprint density at radius 2 is 1.87 bits per heavy atom. The molecule has 0 saturated carbocycles. The number of carboxylic acid groups (broad SMARTS) is 1. The summed E-state index contributed by atoms with van der Waals surface area (Å²) in [6.07, 6.45) is -0.231. The average Bonchev–Trinajstić information content (AvgIpc) is 2.57. The van der Waals surface area contributed by atoms with Crippen LogP contribution in [-0.2, 0) is 13.9 Å². The molecule has 0 aromatic heterocycles. The molecule has 2 atom stereocenters. The van der Waals surface area contributed by atoms with Crippen molar-refractivity contribution in [3.05, 3.63) is 53.4 Å². The van der Waals surface area contributed by atoms with Gasteiger partial charge in [0.05, 0.1) is 6.42 Å². The molecule has 1 aromatic rings. The molecule has 1 aliphatic carbocycles. The summed E-state index contributed by atoms with van der Waals surface area (Å²) >= 11 is 0. The van der Waals surface area contributed by atoms with Gasteiger partial charge in [-0.05, 0) is 62.7 Å². The van der Waals surface area contributed by atoms with E-state index >= 15 is 0 Å². The van der Waals surface area contributed by atoms with Gasteiger partial charge in [0, 0.05) is 0 Å². The van der Waals surface area contributed by atoms with Crippen LogP contribution in [0.3, 0.4) is 0 Å². The molecule has 1 aromatic carbocycles. The van der Waals surface area contributed by atoms with E-state index in [2.05, 4.69) is 34.3 Å². The fourth-order valence-corrected chi connectivity index (χ4v) is 5.50. The molecule has 7 heteroatoms. The number of carboxylic acids is 1. The first-order valence-corrected chi connectivity index (χ1v) is 11.3. The van der Waals surface area contributed by atoms with Gasteiger partial charge in [0.25, 0.3) is 0 Å². The Balaban J connectivity index is 2.26. The Bertz CT molecular complexity index is 855. The highest BCUT2D eigenvalue weighted by atomic mass is 31.1. The maximum absolute atomic E-state index is 13.5. The molecular formula is C23H31FO5P+. The first kappa shape index (κ1) is 24.4. The number of benzene rings is 1. The van der Waals surface area contributed by atoms with Gasteiger partial charge in [-0.3, -0.25) is 4.79 Å². The topological polar surface area (TPSA) is 83.8 Å². The Kier molecular flexibility index (Phi) is 7.73. The minimum atomic E-state index is -2.22. The van der Waals surface area contributed by atoms with E-state index in [1.54, 1.807) is 12.1 Å². The van der Waals surface area contributed by atoms with Gasteiger partial charge < -0.3 is 10.2 Å². The summed E-state index contributed by atoms with van der Waals surface area (Å²) in [7, 11) is -2.22.